The Bertz CT molecular complexity index is 557. The molecule has 0 aromatic carbocycles. The van der Waals surface area contributed by atoms with Crippen molar-refractivity contribution in [1.29, 1.82) is 0 Å². The summed E-state index contributed by atoms with van der Waals surface area (Å²) < 4.78 is 0. The zero-order valence-electron chi connectivity index (χ0n) is 14.8. The second-order valence-corrected chi connectivity index (χ2v) is 6.73. The van der Waals surface area contributed by atoms with Gasteiger partial charge in [0.15, 0.2) is 0 Å². The smallest absolute Gasteiger partial charge is 0.224 e. The van der Waals surface area contributed by atoms with E-state index in [1.165, 1.54) is 0 Å². The third kappa shape index (κ3) is 5.22. The van der Waals surface area contributed by atoms with Crippen molar-refractivity contribution in [2.45, 2.75) is 40.0 Å². The molecule has 0 saturated carbocycles. The number of amides is 2. The number of nitrogens with zero attached hydrogens (tertiary/aromatic N) is 2. The van der Waals surface area contributed by atoms with Gasteiger partial charge in [-0.2, -0.15) is 0 Å². The minimum absolute atomic E-state index is 0.00817. The maximum absolute atomic E-state index is 12.0. The van der Waals surface area contributed by atoms with E-state index in [2.05, 4.69) is 20.5 Å². The minimum atomic E-state index is 0.00817. The first kappa shape index (κ1) is 18.2. The van der Waals surface area contributed by atoms with Crippen LogP contribution in [0.5, 0.6) is 0 Å². The number of hydrogen-bond donors (Lipinski definition) is 2. The van der Waals surface area contributed by atoms with Crippen LogP contribution in [0.15, 0.2) is 18.3 Å². The third-order valence-corrected chi connectivity index (χ3v) is 4.09. The van der Waals surface area contributed by atoms with Crippen LogP contribution in [0.1, 0.15) is 40.0 Å². The monoisotopic (exact) mass is 332 g/mol. The standard InChI is InChI=1S/C18H28N4O2/c1-4-19-18(24)14-6-5-9-22(12-14)16-8-7-15(11-20-16)21-17(23)10-13(2)3/h7-8,11,13-14H,4-6,9-10,12H2,1-3H3,(H,19,24)(H,21,23). The first-order valence-corrected chi connectivity index (χ1v) is 8.78. The van der Waals surface area contributed by atoms with Crippen LogP contribution in [-0.2, 0) is 9.59 Å². The SMILES string of the molecule is CCNC(=O)C1CCCN(c2ccc(NC(=O)CC(C)C)cn2)C1. The van der Waals surface area contributed by atoms with Crippen molar-refractivity contribution in [3.8, 4) is 0 Å². The number of rotatable bonds is 6. The zero-order valence-corrected chi connectivity index (χ0v) is 14.8. The molecule has 2 amide bonds. The van der Waals surface area contributed by atoms with E-state index in [4.69, 9.17) is 0 Å². The normalized spacial score (nSPS) is 17.7. The third-order valence-electron chi connectivity index (χ3n) is 4.09. The largest absolute Gasteiger partial charge is 0.356 e. The Balaban J connectivity index is 1.94. The van der Waals surface area contributed by atoms with Crippen molar-refractivity contribution >= 4 is 23.3 Å². The number of hydrogen-bond acceptors (Lipinski definition) is 4. The summed E-state index contributed by atoms with van der Waals surface area (Å²) in [5, 5.41) is 5.76. The van der Waals surface area contributed by atoms with Gasteiger partial charge in [-0.05, 0) is 37.8 Å². The number of piperidine rings is 1. The van der Waals surface area contributed by atoms with E-state index >= 15 is 0 Å². The highest BCUT2D eigenvalue weighted by Crippen LogP contribution is 2.22. The quantitative estimate of drug-likeness (QED) is 0.839. The maximum Gasteiger partial charge on any atom is 0.224 e. The van der Waals surface area contributed by atoms with E-state index in [1.807, 2.05) is 32.9 Å². The molecule has 0 aliphatic carbocycles. The second kappa shape index (κ2) is 8.66. The molecule has 1 aromatic rings. The molecule has 6 nitrogen and oxygen atoms in total. The lowest BCUT2D eigenvalue weighted by Gasteiger charge is -2.32. The minimum Gasteiger partial charge on any atom is -0.356 e. The van der Waals surface area contributed by atoms with E-state index in [9.17, 15) is 9.59 Å². The van der Waals surface area contributed by atoms with Crippen molar-refractivity contribution < 1.29 is 9.59 Å². The molecule has 6 heteroatoms. The fourth-order valence-corrected chi connectivity index (χ4v) is 2.95. The number of carbonyl (C=O) groups excluding carboxylic acids is 2. The average Bonchev–Trinajstić information content (AvgIpc) is 2.55. The molecule has 1 fully saturated rings. The lowest BCUT2D eigenvalue weighted by atomic mass is 9.97. The van der Waals surface area contributed by atoms with Crippen LogP contribution in [0.25, 0.3) is 0 Å². The van der Waals surface area contributed by atoms with Crippen LogP contribution in [-0.4, -0.2) is 36.4 Å². The molecule has 2 heterocycles. The highest BCUT2D eigenvalue weighted by atomic mass is 16.2. The van der Waals surface area contributed by atoms with Gasteiger partial charge in [-0.25, -0.2) is 4.98 Å². The first-order valence-electron chi connectivity index (χ1n) is 8.78. The Morgan fingerprint density at radius 3 is 2.79 bits per heavy atom. The molecule has 2 rings (SSSR count). The molecule has 0 spiro atoms. The summed E-state index contributed by atoms with van der Waals surface area (Å²) in [7, 11) is 0. The number of pyridine rings is 1. The molecule has 1 saturated heterocycles. The van der Waals surface area contributed by atoms with Gasteiger partial charge in [0.1, 0.15) is 5.82 Å². The maximum atomic E-state index is 12.0. The van der Waals surface area contributed by atoms with E-state index in [1.54, 1.807) is 6.20 Å². The second-order valence-electron chi connectivity index (χ2n) is 6.73. The predicted octanol–water partition coefficient (Wildman–Crippen LogP) is 2.42. The van der Waals surface area contributed by atoms with Gasteiger partial charge in [0.25, 0.3) is 0 Å². The van der Waals surface area contributed by atoms with E-state index in [-0.39, 0.29) is 17.7 Å². The van der Waals surface area contributed by atoms with Crippen molar-refractivity contribution in [3.05, 3.63) is 18.3 Å². The molecule has 1 aromatic heterocycles. The van der Waals surface area contributed by atoms with Crippen LogP contribution in [0.2, 0.25) is 0 Å². The van der Waals surface area contributed by atoms with Gasteiger partial charge in [0.05, 0.1) is 17.8 Å². The molecular weight excluding hydrogens is 304 g/mol. The van der Waals surface area contributed by atoms with E-state index in [0.717, 1.165) is 25.2 Å². The Hall–Kier alpha value is -2.11. The molecule has 1 aliphatic rings. The lowest BCUT2D eigenvalue weighted by Crippen LogP contribution is -2.43. The summed E-state index contributed by atoms with van der Waals surface area (Å²) in [5.74, 6) is 1.34. The van der Waals surface area contributed by atoms with Gasteiger partial charge in [-0.15, -0.1) is 0 Å². The molecule has 0 radical (unpaired) electrons. The van der Waals surface area contributed by atoms with E-state index in [0.29, 0.717) is 31.1 Å². The van der Waals surface area contributed by atoms with Crippen molar-refractivity contribution in [1.82, 2.24) is 10.3 Å². The topological polar surface area (TPSA) is 74.3 Å². The van der Waals surface area contributed by atoms with Gasteiger partial charge in [-0.3, -0.25) is 9.59 Å². The van der Waals surface area contributed by atoms with Gasteiger partial charge in [-0.1, -0.05) is 13.8 Å². The van der Waals surface area contributed by atoms with Crippen LogP contribution in [0.3, 0.4) is 0 Å². The summed E-state index contributed by atoms with van der Waals surface area (Å²) in [6.07, 6.45) is 4.09. The van der Waals surface area contributed by atoms with E-state index < -0.39 is 0 Å². The first-order chi connectivity index (χ1) is 11.5. The molecule has 2 N–H and O–H groups in total. The number of nitrogens with one attached hydrogen (secondary N) is 2. The molecule has 1 atom stereocenters. The molecule has 24 heavy (non-hydrogen) atoms. The number of carbonyl (C=O) groups is 2. The molecule has 132 valence electrons. The van der Waals surface area contributed by atoms with Crippen LogP contribution in [0.4, 0.5) is 11.5 Å². The molecule has 1 aliphatic heterocycles. The van der Waals surface area contributed by atoms with Crippen LogP contribution < -0.4 is 15.5 Å². The fraction of sp³-hybridized carbons (Fsp3) is 0.611. The van der Waals surface area contributed by atoms with Crippen molar-refractivity contribution in [2.24, 2.45) is 11.8 Å². The summed E-state index contributed by atoms with van der Waals surface area (Å²) >= 11 is 0. The van der Waals surface area contributed by atoms with Crippen LogP contribution >= 0.6 is 0 Å². The lowest BCUT2D eigenvalue weighted by molar-refractivity contribution is -0.125. The molecular formula is C18H28N4O2. The summed E-state index contributed by atoms with van der Waals surface area (Å²) in [6, 6.07) is 3.78. The van der Waals surface area contributed by atoms with Gasteiger partial charge in [0, 0.05) is 26.1 Å². The van der Waals surface area contributed by atoms with Gasteiger partial charge in [0.2, 0.25) is 11.8 Å². The summed E-state index contributed by atoms with van der Waals surface area (Å²) in [5.41, 5.74) is 0.710. The number of aromatic nitrogens is 1. The summed E-state index contributed by atoms with van der Waals surface area (Å²) in [4.78, 5) is 30.4. The average molecular weight is 332 g/mol. The van der Waals surface area contributed by atoms with Crippen molar-refractivity contribution in [2.75, 3.05) is 29.9 Å². The number of anilines is 2. The predicted molar refractivity (Wildman–Crippen MR) is 95.9 cm³/mol. The van der Waals surface area contributed by atoms with Crippen molar-refractivity contribution in [3.63, 3.8) is 0 Å². The molecule has 1 unspecified atom stereocenters. The Labute approximate surface area is 144 Å². The zero-order chi connectivity index (χ0) is 17.5. The highest BCUT2D eigenvalue weighted by Gasteiger charge is 2.26. The van der Waals surface area contributed by atoms with Gasteiger partial charge >= 0.3 is 0 Å². The van der Waals surface area contributed by atoms with Gasteiger partial charge < -0.3 is 15.5 Å². The highest BCUT2D eigenvalue weighted by molar-refractivity contribution is 5.90. The van der Waals surface area contributed by atoms with Crippen LogP contribution in [0, 0.1) is 11.8 Å². The molecule has 0 bridgehead atoms. The summed E-state index contributed by atoms with van der Waals surface area (Å²) in [6.45, 7) is 8.23. The Morgan fingerprint density at radius 2 is 2.17 bits per heavy atom. The Morgan fingerprint density at radius 1 is 1.38 bits per heavy atom. The Kier molecular flexibility index (Phi) is 6.58. The fourth-order valence-electron chi connectivity index (χ4n) is 2.95.